The fraction of sp³-hybridized carbons (Fsp3) is 0.125. The minimum atomic E-state index is -0.469. The Morgan fingerprint density at radius 2 is 1.56 bits per heavy atom. The molecule has 3 rings (SSSR count). The third kappa shape index (κ3) is 6.42. The molecular formula is C24H22BrN3O4. The first kappa shape index (κ1) is 23.0. The minimum absolute atomic E-state index is 0.178. The van der Waals surface area contributed by atoms with Gasteiger partial charge in [-0.05, 0) is 48.5 Å². The third-order valence-corrected chi connectivity index (χ3v) is 5.06. The van der Waals surface area contributed by atoms with Crippen molar-refractivity contribution < 1.29 is 19.1 Å². The van der Waals surface area contributed by atoms with Crippen molar-refractivity contribution >= 4 is 45.0 Å². The highest BCUT2D eigenvalue weighted by Crippen LogP contribution is 2.19. The molecule has 8 heteroatoms. The van der Waals surface area contributed by atoms with E-state index in [1.807, 2.05) is 42.5 Å². The molecule has 3 aromatic carbocycles. The number of anilines is 2. The Hall–Kier alpha value is -3.65. The van der Waals surface area contributed by atoms with Gasteiger partial charge in [0, 0.05) is 22.9 Å². The van der Waals surface area contributed by atoms with E-state index in [0.29, 0.717) is 5.69 Å². The second-order valence-corrected chi connectivity index (χ2v) is 7.73. The van der Waals surface area contributed by atoms with E-state index in [1.165, 1.54) is 4.90 Å². The summed E-state index contributed by atoms with van der Waals surface area (Å²) in [5.74, 6) is -0.845. The number of hydrogen-bond acceptors (Lipinski definition) is 4. The van der Waals surface area contributed by atoms with Crippen LogP contribution in [-0.2, 0) is 9.59 Å². The average Bonchev–Trinajstić information content (AvgIpc) is 2.82. The van der Waals surface area contributed by atoms with Crippen molar-refractivity contribution in [2.24, 2.45) is 0 Å². The van der Waals surface area contributed by atoms with Crippen LogP contribution in [0.4, 0.5) is 11.4 Å². The van der Waals surface area contributed by atoms with Crippen molar-refractivity contribution in [3.8, 4) is 5.75 Å². The number of likely N-dealkylation sites (N-methyl/N-ethyl adjacent to an activating group) is 1. The topological polar surface area (TPSA) is 87.7 Å². The van der Waals surface area contributed by atoms with Crippen LogP contribution in [0.15, 0.2) is 83.3 Å². The summed E-state index contributed by atoms with van der Waals surface area (Å²) in [6, 6.07) is 22.8. The fourth-order valence-corrected chi connectivity index (χ4v) is 3.08. The van der Waals surface area contributed by atoms with Gasteiger partial charge in [0.1, 0.15) is 5.75 Å². The van der Waals surface area contributed by atoms with Crippen molar-refractivity contribution in [1.29, 1.82) is 0 Å². The van der Waals surface area contributed by atoms with Crippen LogP contribution in [0.1, 0.15) is 10.4 Å². The molecular weight excluding hydrogens is 474 g/mol. The number of benzene rings is 3. The van der Waals surface area contributed by atoms with Gasteiger partial charge in [-0.2, -0.15) is 0 Å². The monoisotopic (exact) mass is 495 g/mol. The zero-order valence-electron chi connectivity index (χ0n) is 17.4. The maximum atomic E-state index is 12.6. The molecule has 0 atom stereocenters. The summed E-state index contributed by atoms with van der Waals surface area (Å²) >= 11 is 3.34. The number of halogens is 1. The van der Waals surface area contributed by atoms with Crippen molar-refractivity contribution in [3.63, 3.8) is 0 Å². The Labute approximate surface area is 194 Å². The maximum absolute atomic E-state index is 12.6. The number of para-hydroxylation sites is 2. The lowest BCUT2D eigenvalue weighted by Gasteiger charge is -2.18. The summed E-state index contributed by atoms with van der Waals surface area (Å²) in [6.07, 6.45) is 0. The molecule has 0 aliphatic carbocycles. The molecule has 0 unspecified atom stereocenters. The van der Waals surface area contributed by atoms with Crippen LogP contribution < -0.4 is 20.3 Å². The molecule has 0 aliphatic rings. The summed E-state index contributed by atoms with van der Waals surface area (Å²) in [5, 5.41) is 5.33. The third-order valence-electron chi connectivity index (χ3n) is 4.54. The van der Waals surface area contributed by atoms with Gasteiger partial charge in [-0.3, -0.25) is 14.4 Å². The van der Waals surface area contributed by atoms with E-state index in [2.05, 4.69) is 26.6 Å². The molecule has 0 spiro atoms. The molecule has 164 valence electrons. The summed E-state index contributed by atoms with van der Waals surface area (Å²) in [7, 11) is 1.64. The second kappa shape index (κ2) is 11.1. The number of amides is 3. The van der Waals surface area contributed by atoms with Crippen molar-refractivity contribution in [2.75, 3.05) is 30.4 Å². The van der Waals surface area contributed by atoms with Gasteiger partial charge in [-0.15, -0.1) is 0 Å². The average molecular weight is 496 g/mol. The van der Waals surface area contributed by atoms with Gasteiger partial charge in [0.2, 0.25) is 5.91 Å². The standard InChI is InChI=1S/C24H22BrN3O4/c1-28(19-7-3-2-4-8-19)23(30)15-26-24(31)20-9-5-6-10-21(20)32-16-22(29)27-18-13-11-17(25)12-14-18/h2-14H,15-16H2,1H3,(H,26,31)(H,27,29). The van der Waals surface area contributed by atoms with Crippen molar-refractivity contribution in [1.82, 2.24) is 5.32 Å². The zero-order valence-corrected chi connectivity index (χ0v) is 19.0. The molecule has 32 heavy (non-hydrogen) atoms. The molecule has 3 aromatic rings. The van der Waals surface area contributed by atoms with Gasteiger partial charge in [-0.1, -0.05) is 46.3 Å². The Kier molecular flexibility index (Phi) is 7.99. The summed E-state index contributed by atoms with van der Waals surface area (Å²) in [6.45, 7) is -0.446. The van der Waals surface area contributed by atoms with E-state index in [4.69, 9.17) is 4.74 Å². The van der Waals surface area contributed by atoms with E-state index in [1.54, 1.807) is 43.4 Å². The highest BCUT2D eigenvalue weighted by Gasteiger charge is 2.16. The van der Waals surface area contributed by atoms with E-state index in [0.717, 1.165) is 10.2 Å². The Morgan fingerprint density at radius 3 is 2.28 bits per heavy atom. The molecule has 0 saturated heterocycles. The van der Waals surface area contributed by atoms with Gasteiger partial charge < -0.3 is 20.3 Å². The number of nitrogens with zero attached hydrogens (tertiary/aromatic N) is 1. The highest BCUT2D eigenvalue weighted by molar-refractivity contribution is 9.10. The lowest BCUT2D eigenvalue weighted by atomic mass is 10.2. The molecule has 0 aromatic heterocycles. The SMILES string of the molecule is CN(C(=O)CNC(=O)c1ccccc1OCC(=O)Nc1ccc(Br)cc1)c1ccccc1. The molecule has 0 saturated carbocycles. The quantitative estimate of drug-likeness (QED) is 0.496. The van der Waals surface area contributed by atoms with E-state index < -0.39 is 5.91 Å². The minimum Gasteiger partial charge on any atom is -0.483 e. The van der Waals surface area contributed by atoms with E-state index in [9.17, 15) is 14.4 Å². The normalized spacial score (nSPS) is 10.2. The fourth-order valence-electron chi connectivity index (χ4n) is 2.82. The number of ether oxygens (including phenoxy) is 1. The zero-order chi connectivity index (χ0) is 22.9. The number of rotatable bonds is 8. The first-order valence-corrected chi connectivity index (χ1v) is 10.6. The van der Waals surface area contributed by atoms with Crippen LogP contribution in [0.25, 0.3) is 0 Å². The number of carbonyl (C=O) groups excluding carboxylic acids is 3. The van der Waals surface area contributed by atoms with Crippen LogP contribution in [0, 0.1) is 0 Å². The lowest BCUT2D eigenvalue weighted by Crippen LogP contribution is -2.38. The second-order valence-electron chi connectivity index (χ2n) is 6.81. The molecule has 7 nitrogen and oxygen atoms in total. The van der Waals surface area contributed by atoms with Crippen LogP contribution >= 0.6 is 15.9 Å². The summed E-state index contributed by atoms with van der Waals surface area (Å²) in [4.78, 5) is 38.7. The van der Waals surface area contributed by atoms with Gasteiger partial charge in [0.15, 0.2) is 6.61 Å². The van der Waals surface area contributed by atoms with Gasteiger partial charge in [-0.25, -0.2) is 0 Å². The predicted molar refractivity (Wildman–Crippen MR) is 127 cm³/mol. The summed E-state index contributed by atoms with van der Waals surface area (Å²) in [5.41, 5.74) is 1.60. The lowest BCUT2D eigenvalue weighted by molar-refractivity contribution is -0.118. The summed E-state index contributed by atoms with van der Waals surface area (Å²) < 4.78 is 6.47. The molecule has 0 radical (unpaired) electrons. The van der Waals surface area contributed by atoms with Gasteiger partial charge >= 0.3 is 0 Å². The van der Waals surface area contributed by atoms with Crippen LogP contribution in [0.3, 0.4) is 0 Å². The molecule has 0 aliphatic heterocycles. The van der Waals surface area contributed by atoms with Gasteiger partial charge in [0.25, 0.3) is 11.8 Å². The molecule has 0 bridgehead atoms. The number of hydrogen-bond donors (Lipinski definition) is 2. The van der Waals surface area contributed by atoms with Crippen LogP contribution in [0.2, 0.25) is 0 Å². The Bertz CT molecular complexity index is 1090. The smallest absolute Gasteiger partial charge is 0.262 e. The Morgan fingerprint density at radius 1 is 0.906 bits per heavy atom. The first-order valence-electron chi connectivity index (χ1n) is 9.81. The number of nitrogens with one attached hydrogen (secondary N) is 2. The first-order chi connectivity index (χ1) is 15.4. The van der Waals surface area contributed by atoms with E-state index in [-0.39, 0.29) is 36.3 Å². The van der Waals surface area contributed by atoms with Crippen molar-refractivity contribution in [3.05, 3.63) is 88.9 Å². The highest BCUT2D eigenvalue weighted by atomic mass is 79.9. The van der Waals surface area contributed by atoms with E-state index >= 15 is 0 Å². The largest absolute Gasteiger partial charge is 0.483 e. The molecule has 0 fully saturated rings. The van der Waals surface area contributed by atoms with Crippen molar-refractivity contribution in [2.45, 2.75) is 0 Å². The molecule has 0 heterocycles. The molecule has 2 N–H and O–H groups in total. The predicted octanol–water partition coefficient (Wildman–Crippen LogP) is 3.86. The number of carbonyl (C=O) groups is 3. The maximum Gasteiger partial charge on any atom is 0.262 e. The van der Waals surface area contributed by atoms with Crippen LogP contribution in [-0.4, -0.2) is 37.9 Å². The molecule has 3 amide bonds. The van der Waals surface area contributed by atoms with Gasteiger partial charge in [0.05, 0.1) is 12.1 Å². The Balaban J connectivity index is 1.55. The van der Waals surface area contributed by atoms with Crippen LogP contribution in [0.5, 0.6) is 5.75 Å².